The van der Waals surface area contributed by atoms with Gasteiger partial charge in [-0.15, -0.1) is 0 Å². The highest BCUT2D eigenvalue weighted by Crippen LogP contribution is 2.11. The predicted molar refractivity (Wildman–Crippen MR) is 76.7 cm³/mol. The monoisotopic (exact) mass is 288 g/mol. The van der Waals surface area contributed by atoms with Crippen molar-refractivity contribution >= 4 is 11.8 Å². The summed E-state index contributed by atoms with van der Waals surface area (Å²) >= 11 is 0. The average Bonchev–Trinajstić information content (AvgIpc) is 2.33. The van der Waals surface area contributed by atoms with Crippen molar-refractivity contribution < 1.29 is 24.2 Å². The molecule has 0 amide bonds. The Morgan fingerprint density at radius 2 is 1.75 bits per heavy atom. The second kappa shape index (κ2) is 10.8. The van der Waals surface area contributed by atoms with Crippen LogP contribution in [0.25, 0.3) is 0 Å². The van der Waals surface area contributed by atoms with E-state index in [9.17, 15) is 9.59 Å². The number of Topliss-reactive ketones (excluding diaryl/α,β-unsaturated/α-hetero) is 1. The van der Waals surface area contributed by atoms with Crippen LogP contribution in [0.3, 0.4) is 0 Å². The Morgan fingerprint density at radius 3 is 2.25 bits per heavy atom. The quantitative estimate of drug-likeness (QED) is 0.559. The molecule has 0 aromatic carbocycles. The van der Waals surface area contributed by atoms with Crippen LogP contribution in [0, 0.1) is 11.8 Å². The van der Waals surface area contributed by atoms with Gasteiger partial charge in [-0.3, -0.25) is 9.59 Å². The number of hydrogen-bond acceptors (Lipinski definition) is 4. The Bertz CT molecular complexity index is 286. The number of rotatable bonds is 12. The number of aliphatic carboxylic acids is 1. The van der Waals surface area contributed by atoms with E-state index in [1.165, 1.54) is 0 Å². The maximum Gasteiger partial charge on any atom is 0.305 e. The van der Waals surface area contributed by atoms with Gasteiger partial charge in [0.25, 0.3) is 0 Å². The van der Waals surface area contributed by atoms with Crippen LogP contribution in [0.15, 0.2) is 0 Å². The molecule has 1 unspecified atom stereocenters. The number of carboxylic acids is 1. The fraction of sp³-hybridized carbons (Fsp3) is 0.867. The fourth-order valence-electron chi connectivity index (χ4n) is 1.62. The molecule has 5 heteroatoms. The highest BCUT2D eigenvalue weighted by Gasteiger charge is 2.16. The molecule has 20 heavy (non-hydrogen) atoms. The summed E-state index contributed by atoms with van der Waals surface area (Å²) in [6.07, 6.45) is 0.323. The molecule has 118 valence electrons. The Kier molecular flexibility index (Phi) is 10.3. The van der Waals surface area contributed by atoms with E-state index in [1.807, 2.05) is 13.8 Å². The van der Waals surface area contributed by atoms with E-state index in [4.69, 9.17) is 14.6 Å². The summed E-state index contributed by atoms with van der Waals surface area (Å²) in [4.78, 5) is 22.3. The van der Waals surface area contributed by atoms with Crippen LogP contribution in [0.2, 0.25) is 0 Å². The van der Waals surface area contributed by atoms with Crippen molar-refractivity contribution in [2.75, 3.05) is 19.8 Å². The second-order valence-electron chi connectivity index (χ2n) is 5.72. The van der Waals surface area contributed by atoms with Gasteiger partial charge in [0, 0.05) is 18.9 Å². The molecule has 0 saturated carbocycles. The lowest BCUT2D eigenvalue weighted by Crippen LogP contribution is -2.22. The second-order valence-corrected chi connectivity index (χ2v) is 5.72. The minimum Gasteiger partial charge on any atom is -0.481 e. The third kappa shape index (κ3) is 10.9. The molecule has 0 aliphatic heterocycles. The lowest BCUT2D eigenvalue weighted by molar-refractivity contribution is -0.141. The molecule has 0 saturated heterocycles. The van der Waals surface area contributed by atoms with Gasteiger partial charge in [-0.05, 0) is 12.3 Å². The third-order valence-corrected chi connectivity index (χ3v) is 2.79. The molecule has 0 spiro atoms. The van der Waals surface area contributed by atoms with Crippen LogP contribution < -0.4 is 0 Å². The molecule has 1 N–H and O–H groups in total. The van der Waals surface area contributed by atoms with Crippen molar-refractivity contribution in [2.24, 2.45) is 11.8 Å². The zero-order chi connectivity index (χ0) is 15.5. The minimum absolute atomic E-state index is 0.0187. The maximum absolute atomic E-state index is 11.6. The van der Waals surface area contributed by atoms with Crippen molar-refractivity contribution in [2.45, 2.75) is 53.1 Å². The Labute approximate surface area is 121 Å². The maximum atomic E-state index is 11.6. The predicted octanol–water partition coefficient (Wildman–Crippen LogP) is 2.52. The van der Waals surface area contributed by atoms with Gasteiger partial charge >= 0.3 is 5.97 Å². The molecule has 0 aromatic rings. The van der Waals surface area contributed by atoms with E-state index in [1.54, 1.807) is 0 Å². The zero-order valence-corrected chi connectivity index (χ0v) is 13.1. The minimum atomic E-state index is -0.907. The van der Waals surface area contributed by atoms with Crippen molar-refractivity contribution in [3.05, 3.63) is 0 Å². The SMILES string of the molecule is CC(C)COCCOC(CCC(=O)C(C)C)CC(=O)O. The van der Waals surface area contributed by atoms with E-state index in [-0.39, 0.29) is 18.1 Å². The van der Waals surface area contributed by atoms with E-state index < -0.39 is 12.1 Å². The summed E-state index contributed by atoms with van der Waals surface area (Å²) in [6, 6.07) is 0. The number of ketones is 1. The van der Waals surface area contributed by atoms with Crippen LogP contribution in [-0.4, -0.2) is 42.8 Å². The van der Waals surface area contributed by atoms with Gasteiger partial charge < -0.3 is 14.6 Å². The summed E-state index contributed by atoms with van der Waals surface area (Å²) in [6.45, 7) is 9.29. The Hall–Kier alpha value is -0.940. The van der Waals surface area contributed by atoms with Gasteiger partial charge in [-0.1, -0.05) is 27.7 Å². The third-order valence-electron chi connectivity index (χ3n) is 2.79. The molecule has 0 aromatic heterocycles. The van der Waals surface area contributed by atoms with E-state index in [2.05, 4.69) is 13.8 Å². The van der Waals surface area contributed by atoms with Crippen LogP contribution in [0.4, 0.5) is 0 Å². The van der Waals surface area contributed by atoms with Crippen LogP contribution in [0.5, 0.6) is 0 Å². The van der Waals surface area contributed by atoms with Crippen molar-refractivity contribution in [3.63, 3.8) is 0 Å². The van der Waals surface area contributed by atoms with Crippen LogP contribution >= 0.6 is 0 Å². The number of carbonyl (C=O) groups is 2. The highest BCUT2D eigenvalue weighted by atomic mass is 16.5. The lowest BCUT2D eigenvalue weighted by Gasteiger charge is -2.16. The highest BCUT2D eigenvalue weighted by molar-refractivity contribution is 5.80. The van der Waals surface area contributed by atoms with Gasteiger partial charge in [-0.2, -0.15) is 0 Å². The van der Waals surface area contributed by atoms with Crippen molar-refractivity contribution in [1.82, 2.24) is 0 Å². The number of hydrogen-bond donors (Lipinski definition) is 1. The number of carbonyl (C=O) groups excluding carboxylic acids is 1. The average molecular weight is 288 g/mol. The Balaban J connectivity index is 3.96. The molecule has 0 aliphatic rings. The van der Waals surface area contributed by atoms with E-state index >= 15 is 0 Å². The first-order valence-corrected chi connectivity index (χ1v) is 7.26. The summed E-state index contributed by atoms with van der Waals surface area (Å²) in [7, 11) is 0. The summed E-state index contributed by atoms with van der Waals surface area (Å²) in [5.74, 6) is -0.321. The van der Waals surface area contributed by atoms with Crippen molar-refractivity contribution in [1.29, 1.82) is 0 Å². The molecule has 0 aliphatic carbocycles. The van der Waals surface area contributed by atoms with Gasteiger partial charge in [0.15, 0.2) is 0 Å². The largest absolute Gasteiger partial charge is 0.481 e. The topological polar surface area (TPSA) is 72.8 Å². The molecule has 5 nitrogen and oxygen atoms in total. The normalized spacial score (nSPS) is 12.9. The van der Waals surface area contributed by atoms with Gasteiger partial charge in [0.05, 0.1) is 25.7 Å². The summed E-state index contributed by atoms with van der Waals surface area (Å²) < 4.78 is 10.9. The van der Waals surface area contributed by atoms with E-state index in [0.717, 1.165) is 0 Å². The number of carboxylic acid groups (broad SMARTS) is 1. The Morgan fingerprint density at radius 1 is 1.10 bits per heavy atom. The van der Waals surface area contributed by atoms with Crippen molar-refractivity contribution in [3.8, 4) is 0 Å². The van der Waals surface area contributed by atoms with Crippen LogP contribution in [0.1, 0.15) is 47.0 Å². The fourth-order valence-corrected chi connectivity index (χ4v) is 1.62. The standard InChI is InChI=1S/C15H28O5/c1-11(2)10-19-7-8-20-13(9-15(17)18)5-6-14(16)12(3)4/h11-13H,5-10H2,1-4H3,(H,17,18). The molecular formula is C15H28O5. The zero-order valence-electron chi connectivity index (χ0n) is 13.1. The first-order chi connectivity index (χ1) is 9.32. The summed E-state index contributed by atoms with van der Waals surface area (Å²) in [5.41, 5.74) is 0. The molecule has 0 rings (SSSR count). The van der Waals surface area contributed by atoms with Crippen LogP contribution in [-0.2, 0) is 19.1 Å². The van der Waals surface area contributed by atoms with Gasteiger partial charge in [-0.25, -0.2) is 0 Å². The molecule has 0 heterocycles. The first-order valence-electron chi connectivity index (χ1n) is 7.26. The molecule has 0 fully saturated rings. The summed E-state index contributed by atoms with van der Waals surface area (Å²) in [5, 5.41) is 8.84. The van der Waals surface area contributed by atoms with E-state index in [0.29, 0.717) is 38.6 Å². The lowest BCUT2D eigenvalue weighted by atomic mass is 10.0. The van der Waals surface area contributed by atoms with Gasteiger partial charge in [0.1, 0.15) is 5.78 Å². The molecular weight excluding hydrogens is 260 g/mol. The van der Waals surface area contributed by atoms with Gasteiger partial charge in [0.2, 0.25) is 0 Å². The molecule has 1 atom stereocenters. The molecule has 0 bridgehead atoms. The molecule has 0 radical (unpaired) electrons. The first kappa shape index (κ1) is 19.1. The number of ether oxygens (including phenoxy) is 2. The smallest absolute Gasteiger partial charge is 0.305 e.